The van der Waals surface area contributed by atoms with E-state index in [1.54, 1.807) is 0 Å². The monoisotopic (exact) mass is 251 g/mol. The van der Waals surface area contributed by atoms with Gasteiger partial charge in [-0.2, -0.15) is 0 Å². The van der Waals surface area contributed by atoms with E-state index in [0.29, 0.717) is 6.04 Å². The molecule has 0 saturated heterocycles. The molecule has 0 amide bonds. The Morgan fingerprint density at radius 1 is 1.21 bits per heavy atom. The summed E-state index contributed by atoms with van der Waals surface area (Å²) in [5.74, 6) is 0. The third-order valence-electron chi connectivity index (χ3n) is 2.67. The minimum Gasteiger partial charge on any atom is -0.327 e. The molecule has 74 valence electrons. The third kappa shape index (κ3) is 2.25. The largest absolute Gasteiger partial charge is 0.327 e. The zero-order valence-electron chi connectivity index (χ0n) is 8.04. The number of allylic oxidation sites excluding steroid dienone is 1. The molecule has 14 heavy (non-hydrogen) atoms. The first kappa shape index (κ1) is 9.94. The van der Waals surface area contributed by atoms with Crippen molar-refractivity contribution < 1.29 is 0 Å². The standard InChI is InChI=1S/C12H14BrN/c13-11-5-1-9(2-6-11)10-3-7-12(14)8-4-10/h1-3,5-6,12H,4,7-8,14H2. The Morgan fingerprint density at radius 2 is 1.93 bits per heavy atom. The van der Waals surface area contributed by atoms with Gasteiger partial charge in [0.15, 0.2) is 0 Å². The maximum Gasteiger partial charge on any atom is 0.0175 e. The van der Waals surface area contributed by atoms with Crippen molar-refractivity contribution in [2.45, 2.75) is 25.3 Å². The lowest BCUT2D eigenvalue weighted by atomic mass is 9.91. The van der Waals surface area contributed by atoms with E-state index in [9.17, 15) is 0 Å². The van der Waals surface area contributed by atoms with Crippen LogP contribution < -0.4 is 5.73 Å². The highest BCUT2D eigenvalue weighted by Gasteiger charge is 2.11. The molecule has 0 bridgehead atoms. The van der Waals surface area contributed by atoms with Crippen LogP contribution in [0, 0.1) is 0 Å². The molecule has 1 aliphatic rings. The van der Waals surface area contributed by atoms with Gasteiger partial charge in [0.2, 0.25) is 0 Å². The SMILES string of the molecule is NC1CC=C(c2ccc(Br)cc2)CC1. The van der Waals surface area contributed by atoms with Gasteiger partial charge in [0.1, 0.15) is 0 Å². The minimum atomic E-state index is 0.370. The summed E-state index contributed by atoms with van der Waals surface area (Å²) in [6.07, 6.45) is 5.52. The molecule has 2 rings (SSSR count). The van der Waals surface area contributed by atoms with E-state index >= 15 is 0 Å². The van der Waals surface area contributed by atoms with Crippen LogP contribution >= 0.6 is 15.9 Å². The van der Waals surface area contributed by atoms with Crippen LogP contribution in [0.5, 0.6) is 0 Å². The maximum absolute atomic E-state index is 5.85. The van der Waals surface area contributed by atoms with Crippen LogP contribution in [0.2, 0.25) is 0 Å². The van der Waals surface area contributed by atoms with Gasteiger partial charge in [0.25, 0.3) is 0 Å². The molecular weight excluding hydrogens is 238 g/mol. The van der Waals surface area contributed by atoms with Gasteiger partial charge in [-0.15, -0.1) is 0 Å². The summed E-state index contributed by atoms with van der Waals surface area (Å²) in [5, 5.41) is 0. The van der Waals surface area contributed by atoms with Crippen LogP contribution in [0.15, 0.2) is 34.8 Å². The van der Waals surface area contributed by atoms with Gasteiger partial charge < -0.3 is 5.73 Å². The number of benzene rings is 1. The predicted octanol–water partition coefficient (Wildman–Crippen LogP) is 3.34. The molecule has 0 saturated carbocycles. The molecule has 1 nitrogen and oxygen atoms in total. The summed E-state index contributed by atoms with van der Waals surface area (Å²) in [6.45, 7) is 0. The molecule has 0 heterocycles. The predicted molar refractivity (Wildman–Crippen MR) is 63.9 cm³/mol. The Labute approximate surface area is 93.1 Å². The van der Waals surface area contributed by atoms with Gasteiger partial charge in [0, 0.05) is 10.5 Å². The quantitative estimate of drug-likeness (QED) is 0.815. The van der Waals surface area contributed by atoms with Crippen molar-refractivity contribution in [1.82, 2.24) is 0 Å². The Bertz CT molecular complexity index is 340. The number of nitrogens with two attached hydrogens (primary N) is 1. The molecular formula is C12H14BrN. The van der Waals surface area contributed by atoms with Gasteiger partial charge in [-0.3, -0.25) is 0 Å². The van der Waals surface area contributed by atoms with Crippen LogP contribution in [0.4, 0.5) is 0 Å². The molecule has 1 aliphatic carbocycles. The second-order valence-electron chi connectivity index (χ2n) is 3.77. The molecule has 1 aromatic rings. The minimum absolute atomic E-state index is 0.370. The summed E-state index contributed by atoms with van der Waals surface area (Å²) in [4.78, 5) is 0. The average Bonchev–Trinajstić information content (AvgIpc) is 2.21. The fourth-order valence-electron chi connectivity index (χ4n) is 1.78. The molecule has 1 aromatic carbocycles. The van der Waals surface area contributed by atoms with Crippen molar-refractivity contribution in [3.05, 3.63) is 40.4 Å². The summed E-state index contributed by atoms with van der Waals surface area (Å²) in [7, 11) is 0. The highest BCUT2D eigenvalue weighted by molar-refractivity contribution is 9.10. The fraction of sp³-hybridized carbons (Fsp3) is 0.333. The average molecular weight is 252 g/mol. The molecule has 0 aliphatic heterocycles. The van der Waals surface area contributed by atoms with Crippen LogP contribution in [0.1, 0.15) is 24.8 Å². The molecule has 0 fully saturated rings. The van der Waals surface area contributed by atoms with Crippen molar-refractivity contribution in [3.8, 4) is 0 Å². The van der Waals surface area contributed by atoms with Crippen molar-refractivity contribution in [2.75, 3.05) is 0 Å². The highest BCUT2D eigenvalue weighted by atomic mass is 79.9. The van der Waals surface area contributed by atoms with Gasteiger partial charge in [-0.25, -0.2) is 0 Å². The van der Waals surface area contributed by atoms with E-state index in [-0.39, 0.29) is 0 Å². The van der Waals surface area contributed by atoms with E-state index < -0.39 is 0 Å². The van der Waals surface area contributed by atoms with Crippen molar-refractivity contribution >= 4 is 21.5 Å². The van der Waals surface area contributed by atoms with Gasteiger partial charge in [-0.05, 0) is 42.5 Å². The van der Waals surface area contributed by atoms with E-state index in [0.717, 1.165) is 23.7 Å². The Hall–Kier alpha value is -0.600. The van der Waals surface area contributed by atoms with Crippen LogP contribution in [0.3, 0.4) is 0 Å². The Kier molecular flexibility index (Phi) is 3.04. The van der Waals surface area contributed by atoms with Gasteiger partial charge in [0.05, 0.1) is 0 Å². The van der Waals surface area contributed by atoms with Crippen molar-refractivity contribution in [1.29, 1.82) is 0 Å². The lowest BCUT2D eigenvalue weighted by Crippen LogP contribution is -2.21. The fourth-order valence-corrected chi connectivity index (χ4v) is 2.04. The lowest BCUT2D eigenvalue weighted by Gasteiger charge is -2.18. The first-order valence-corrected chi connectivity index (χ1v) is 5.75. The molecule has 2 heteroatoms. The zero-order chi connectivity index (χ0) is 9.97. The van der Waals surface area contributed by atoms with E-state index in [1.807, 2.05) is 0 Å². The summed E-state index contributed by atoms with van der Waals surface area (Å²) < 4.78 is 1.13. The molecule has 0 aromatic heterocycles. The smallest absolute Gasteiger partial charge is 0.0175 e. The molecule has 0 radical (unpaired) electrons. The van der Waals surface area contributed by atoms with Gasteiger partial charge >= 0.3 is 0 Å². The van der Waals surface area contributed by atoms with Gasteiger partial charge in [-0.1, -0.05) is 34.1 Å². The number of hydrogen-bond donors (Lipinski definition) is 1. The number of rotatable bonds is 1. The Balaban J connectivity index is 2.19. The van der Waals surface area contributed by atoms with Crippen molar-refractivity contribution in [2.24, 2.45) is 5.73 Å². The topological polar surface area (TPSA) is 26.0 Å². The van der Waals surface area contributed by atoms with Crippen molar-refractivity contribution in [3.63, 3.8) is 0 Å². The normalized spacial score (nSPS) is 21.9. The number of hydrogen-bond acceptors (Lipinski definition) is 1. The second kappa shape index (κ2) is 4.28. The summed E-state index contributed by atoms with van der Waals surface area (Å²) in [5.41, 5.74) is 8.62. The van der Waals surface area contributed by atoms with Crippen LogP contribution in [-0.2, 0) is 0 Å². The zero-order valence-corrected chi connectivity index (χ0v) is 9.63. The molecule has 0 spiro atoms. The summed E-state index contributed by atoms with van der Waals surface area (Å²) in [6, 6.07) is 8.86. The maximum atomic E-state index is 5.85. The Morgan fingerprint density at radius 3 is 2.50 bits per heavy atom. The van der Waals surface area contributed by atoms with E-state index in [2.05, 4.69) is 46.3 Å². The van der Waals surface area contributed by atoms with E-state index in [4.69, 9.17) is 5.73 Å². The molecule has 1 unspecified atom stereocenters. The molecule has 1 atom stereocenters. The third-order valence-corrected chi connectivity index (χ3v) is 3.20. The first-order chi connectivity index (χ1) is 6.75. The number of halogens is 1. The second-order valence-corrected chi connectivity index (χ2v) is 4.69. The van der Waals surface area contributed by atoms with Crippen LogP contribution in [-0.4, -0.2) is 6.04 Å². The first-order valence-electron chi connectivity index (χ1n) is 4.96. The lowest BCUT2D eigenvalue weighted by molar-refractivity contribution is 0.614. The highest BCUT2D eigenvalue weighted by Crippen LogP contribution is 2.26. The van der Waals surface area contributed by atoms with E-state index in [1.165, 1.54) is 11.1 Å². The summed E-state index contributed by atoms with van der Waals surface area (Å²) >= 11 is 3.44. The molecule has 2 N–H and O–H groups in total. The van der Waals surface area contributed by atoms with Crippen LogP contribution in [0.25, 0.3) is 5.57 Å².